The average Bonchev–Trinajstić information content (AvgIpc) is 2.39. The molecule has 1 rings (SSSR count). The largest absolute Gasteiger partial charge is 0.395 e. The van der Waals surface area contributed by atoms with E-state index >= 15 is 0 Å². The summed E-state index contributed by atoms with van der Waals surface area (Å²) in [6, 6.07) is 7.95. The van der Waals surface area contributed by atoms with Gasteiger partial charge in [0, 0.05) is 12.0 Å². The molecule has 0 aliphatic heterocycles. The lowest BCUT2D eigenvalue weighted by Crippen LogP contribution is -2.21. The highest BCUT2D eigenvalue weighted by molar-refractivity contribution is 5.35. The molecule has 0 radical (unpaired) electrons. The smallest absolute Gasteiger partial charge is 0.0718 e. The van der Waals surface area contributed by atoms with Crippen LogP contribution in [0, 0.1) is 11.8 Å². The third-order valence-electron chi connectivity index (χ3n) is 2.45. The predicted octanol–water partition coefficient (Wildman–Crippen LogP) is 2.75. The molecule has 110 valence electrons. The van der Waals surface area contributed by atoms with E-state index in [2.05, 4.69) is 11.8 Å². The van der Waals surface area contributed by atoms with Crippen LogP contribution in [0.3, 0.4) is 0 Å². The lowest BCUT2D eigenvalue weighted by atomic mass is 10.1. The van der Waals surface area contributed by atoms with Gasteiger partial charge < -0.3 is 14.6 Å². The van der Waals surface area contributed by atoms with Crippen molar-refractivity contribution in [3.8, 4) is 11.8 Å². The summed E-state index contributed by atoms with van der Waals surface area (Å²) in [7, 11) is 0. The van der Waals surface area contributed by atoms with Crippen LogP contribution in [0.15, 0.2) is 24.3 Å². The maximum absolute atomic E-state index is 8.65. The van der Waals surface area contributed by atoms with E-state index in [1.807, 2.05) is 45.0 Å². The van der Waals surface area contributed by atoms with Crippen LogP contribution in [0.1, 0.15) is 38.3 Å². The summed E-state index contributed by atoms with van der Waals surface area (Å²) >= 11 is 0. The summed E-state index contributed by atoms with van der Waals surface area (Å²) in [6.07, 6.45) is 0.513. The normalized spacial score (nSPS) is 11.0. The lowest BCUT2D eigenvalue weighted by Gasteiger charge is -2.19. The van der Waals surface area contributed by atoms with Crippen molar-refractivity contribution in [2.45, 2.75) is 39.4 Å². The van der Waals surface area contributed by atoms with Gasteiger partial charge in [0.15, 0.2) is 0 Å². The molecule has 3 heteroatoms. The highest BCUT2D eigenvalue weighted by Gasteiger charge is 2.08. The summed E-state index contributed by atoms with van der Waals surface area (Å²) in [5, 5.41) is 8.65. The maximum Gasteiger partial charge on any atom is 0.0718 e. The SMILES string of the molecule is CC(C)(C)OCCOCc1ccc(C#CCCO)cc1. The fourth-order valence-corrected chi connectivity index (χ4v) is 1.50. The van der Waals surface area contributed by atoms with Gasteiger partial charge in [0.05, 0.1) is 32.0 Å². The molecule has 0 aromatic heterocycles. The number of aliphatic hydroxyl groups excluding tert-OH is 1. The zero-order valence-corrected chi connectivity index (χ0v) is 12.6. The first-order chi connectivity index (χ1) is 9.51. The number of rotatable bonds is 6. The van der Waals surface area contributed by atoms with Crippen molar-refractivity contribution in [3.05, 3.63) is 35.4 Å². The highest BCUT2D eigenvalue weighted by atomic mass is 16.5. The molecule has 0 aliphatic rings. The summed E-state index contributed by atoms with van der Waals surface area (Å²) in [4.78, 5) is 0. The van der Waals surface area contributed by atoms with Crippen molar-refractivity contribution in [1.29, 1.82) is 0 Å². The van der Waals surface area contributed by atoms with E-state index in [0.29, 0.717) is 26.2 Å². The van der Waals surface area contributed by atoms with Gasteiger partial charge in [-0.1, -0.05) is 24.0 Å². The predicted molar refractivity (Wildman–Crippen MR) is 80.4 cm³/mol. The minimum absolute atomic E-state index is 0.107. The standard InChI is InChI=1S/C17H24O3/c1-17(2,3)20-13-12-19-14-16-9-7-15(8-10-16)6-4-5-11-18/h7-10,18H,5,11-14H2,1-3H3. The first-order valence-corrected chi connectivity index (χ1v) is 6.91. The molecule has 0 heterocycles. The zero-order valence-electron chi connectivity index (χ0n) is 12.6. The molecule has 0 amide bonds. The van der Waals surface area contributed by atoms with E-state index in [-0.39, 0.29) is 12.2 Å². The average molecular weight is 276 g/mol. The molecule has 0 bridgehead atoms. The number of ether oxygens (including phenoxy) is 2. The van der Waals surface area contributed by atoms with Crippen LogP contribution in [0.5, 0.6) is 0 Å². The molecule has 3 nitrogen and oxygen atoms in total. The van der Waals surface area contributed by atoms with E-state index in [1.54, 1.807) is 0 Å². The van der Waals surface area contributed by atoms with E-state index in [0.717, 1.165) is 11.1 Å². The molecule has 20 heavy (non-hydrogen) atoms. The summed E-state index contributed by atoms with van der Waals surface area (Å²) in [6.45, 7) is 7.98. The summed E-state index contributed by atoms with van der Waals surface area (Å²) in [5.74, 6) is 5.89. The molecule has 0 aliphatic carbocycles. The zero-order chi connectivity index (χ0) is 14.8. The first-order valence-electron chi connectivity index (χ1n) is 6.91. The van der Waals surface area contributed by atoms with Gasteiger partial charge in [-0.3, -0.25) is 0 Å². The third kappa shape index (κ3) is 7.96. The summed E-state index contributed by atoms with van der Waals surface area (Å²) < 4.78 is 11.1. The van der Waals surface area contributed by atoms with Crippen LogP contribution in [-0.4, -0.2) is 30.5 Å². The Morgan fingerprint density at radius 1 is 1.10 bits per heavy atom. The van der Waals surface area contributed by atoms with Crippen LogP contribution in [-0.2, 0) is 16.1 Å². The van der Waals surface area contributed by atoms with Crippen LogP contribution in [0.4, 0.5) is 0 Å². The molecule has 0 fully saturated rings. The minimum atomic E-state index is -0.113. The molecule has 1 aromatic carbocycles. The van der Waals surface area contributed by atoms with Gasteiger partial charge in [0.25, 0.3) is 0 Å². The van der Waals surface area contributed by atoms with Crippen molar-refractivity contribution in [3.63, 3.8) is 0 Å². The van der Waals surface area contributed by atoms with Crippen molar-refractivity contribution in [1.82, 2.24) is 0 Å². The van der Waals surface area contributed by atoms with Gasteiger partial charge >= 0.3 is 0 Å². The second kappa shape index (κ2) is 8.76. The van der Waals surface area contributed by atoms with E-state index in [9.17, 15) is 0 Å². The second-order valence-corrected chi connectivity index (χ2v) is 5.49. The third-order valence-corrected chi connectivity index (χ3v) is 2.45. The molecule has 1 N–H and O–H groups in total. The molecule has 0 saturated heterocycles. The molecule has 1 aromatic rings. The number of hydrogen-bond donors (Lipinski definition) is 1. The van der Waals surface area contributed by atoms with Gasteiger partial charge in [0.2, 0.25) is 0 Å². The van der Waals surface area contributed by atoms with Crippen molar-refractivity contribution in [2.75, 3.05) is 19.8 Å². The Bertz CT molecular complexity index is 432. The Morgan fingerprint density at radius 3 is 2.40 bits per heavy atom. The van der Waals surface area contributed by atoms with Gasteiger partial charge in [-0.15, -0.1) is 0 Å². The molecule has 0 spiro atoms. The lowest BCUT2D eigenvalue weighted by molar-refractivity contribution is -0.0376. The molecular weight excluding hydrogens is 252 g/mol. The first kappa shape index (κ1) is 16.7. The van der Waals surface area contributed by atoms with Crippen molar-refractivity contribution >= 4 is 0 Å². The van der Waals surface area contributed by atoms with E-state index < -0.39 is 0 Å². The van der Waals surface area contributed by atoms with Crippen LogP contribution < -0.4 is 0 Å². The number of aliphatic hydroxyl groups is 1. The number of benzene rings is 1. The fraction of sp³-hybridized carbons (Fsp3) is 0.529. The fourth-order valence-electron chi connectivity index (χ4n) is 1.50. The molecular formula is C17H24O3. The summed E-state index contributed by atoms with van der Waals surface area (Å²) in [5.41, 5.74) is 1.96. The Hall–Kier alpha value is -1.34. The van der Waals surface area contributed by atoms with Crippen LogP contribution >= 0.6 is 0 Å². The Kier molecular flexibility index (Phi) is 7.32. The Labute approximate surface area is 121 Å². The minimum Gasteiger partial charge on any atom is -0.395 e. The van der Waals surface area contributed by atoms with Gasteiger partial charge in [-0.25, -0.2) is 0 Å². The van der Waals surface area contributed by atoms with Gasteiger partial charge in [-0.05, 0) is 38.5 Å². The quantitative estimate of drug-likeness (QED) is 0.641. The topological polar surface area (TPSA) is 38.7 Å². The maximum atomic E-state index is 8.65. The Balaban J connectivity index is 2.27. The second-order valence-electron chi connectivity index (χ2n) is 5.49. The van der Waals surface area contributed by atoms with E-state index in [4.69, 9.17) is 14.6 Å². The van der Waals surface area contributed by atoms with Crippen LogP contribution in [0.2, 0.25) is 0 Å². The monoisotopic (exact) mass is 276 g/mol. The Morgan fingerprint density at radius 2 is 1.80 bits per heavy atom. The van der Waals surface area contributed by atoms with Gasteiger partial charge in [0.1, 0.15) is 0 Å². The van der Waals surface area contributed by atoms with Gasteiger partial charge in [-0.2, -0.15) is 0 Å². The highest BCUT2D eigenvalue weighted by Crippen LogP contribution is 2.07. The molecule has 0 saturated carbocycles. The van der Waals surface area contributed by atoms with Crippen LogP contribution in [0.25, 0.3) is 0 Å². The molecule has 0 unspecified atom stereocenters. The van der Waals surface area contributed by atoms with Crippen molar-refractivity contribution < 1.29 is 14.6 Å². The molecule has 0 atom stereocenters. The van der Waals surface area contributed by atoms with E-state index in [1.165, 1.54) is 0 Å². The van der Waals surface area contributed by atoms with Crippen molar-refractivity contribution in [2.24, 2.45) is 0 Å². The number of hydrogen-bond acceptors (Lipinski definition) is 3.